The smallest absolute Gasteiger partial charge is 0.342 e. The zero-order valence-corrected chi connectivity index (χ0v) is 13.2. The highest BCUT2D eigenvalue weighted by molar-refractivity contribution is 5.96. The number of benzene rings is 2. The highest BCUT2D eigenvalue weighted by Gasteiger charge is 2.15. The van der Waals surface area contributed by atoms with Crippen LogP contribution in [0.1, 0.15) is 22.8 Å². The Morgan fingerprint density at radius 2 is 1.87 bits per heavy atom. The van der Waals surface area contributed by atoms with Crippen molar-refractivity contribution in [1.29, 1.82) is 0 Å². The Hall–Kier alpha value is -2.82. The fourth-order valence-corrected chi connectivity index (χ4v) is 2.05. The molecule has 0 saturated carbocycles. The van der Waals surface area contributed by atoms with Crippen LogP contribution in [-0.2, 0) is 9.53 Å². The van der Waals surface area contributed by atoms with Gasteiger partial charge in [-0.2, -0.15) is 0 Å². The highest BCUT2D eigenvalue weighted by atomic mass is 16.5. The van der Waals surface area contributed by atoms with Crippen molar-refractivity contribution >= 4 is 17.6 Å². The first-order valence-electron chi connectivity index (χ1n) is 7.35. The molecule has 120 valence electrons. The van der Waals surface area contributed by atoms with E-state index >= 15 is 0 Å². The van der Waals surface area contributed by atoms with E-state index in [9.17, 15) is 9.59 Å². The second-order valence-corrected chi connectivity index (χ2v) is 4.92. The van der Waals surface area contributed by atoms with Crippen molar-refractivity contribution in [2.45, 2.75) is 13.8 Å². The van der Waals surface area contributed by atoms with Crippen LogP contribution in [0.3, 0.4) is 0 Å². The van der Waals surface area contributed by atoms with Gasteiger partial charge in [0.15, 0.2) is 6.61 Å². The quantitative estimate of drug-likeness (QED) is 0.832. The van der Waals surface area contributed by atoms with Crippen LogP contribution < -0.4 is 10.1 Å². The molecule has 1 amide bonds. The minimum Gasteiger partial charge on any atom is -0.493 e. The summed E-state index contributed by atoms with van der Waals surface area (Å²) in [5.74, 6) is -0.537. The molecule has 0 aliphatic carbocycles. The molecule has 5 heteroatoms. The van der Waals surface area contributed by atoms with Crippen molar-refractivity contribution in [3.8, 4) is 5.75 Å². The van der Waals surface area contributed by atoms with Gasteiger partial charge in [0.2, 0.25) is 0 Å². The Labute approximate surface area is 135 Å². The summed E-state index contributed by atoms with van der Waals surface area (Å²) in [6.07, 6.45) is 0. The summed E-state index contributed by atoms with van der Waals surface area (Å²) in [7, 11) is 0. The molecule has 5 nitrogen and oxygen atoms in total. The molecule has 0 spiro atoms. The number of amides is 1. The van der Waals surface area contributed by atoms with Crippen molar-refractivity contribution in [1.82, 2.24) is 0 Å². The van der Waals surface area contributed by atoms with E-state index in [1.54, 1.807) is 30.3 Å². The molecule has 0 aliphatic rings. The molecule has 23 heavy (non-hydrogen) atoms. The number of nitrogens with one attached hydrogen (secondary N) is 1. The Kier molecular flexibility index (Phi) is 5.74. The molecule has 0 saturated heterocycles. The van der Waals surface area contributed by atoms with Gasteiger partial charge in [-0.05, 0) is 43.7 Å². The predicted molar refractivity (Wildman–Crippen MR) is 87.7 cm³/mol. The number of esters is 1. The molecule has 0 heterocycles. The largest absolute Gasteiger partial charge is 0.493 e. The number of hydrogen-bond acceptors (Lipinski definition) is 4. The SMILES string of the molecule is CCOc1ccccc1C(=O)OCC(=O)Nc1cccc(C)c1. The number of carbonyl (C=O) groups excluding carboxylic acids is 2. The monoisotopic (exact) mass is 313 g/mol. The number of rotatable bonds is 6. The maximum absolute atomic E-state index is 12.1. The van der Waals surface area contributed by atoms with E-state index in [-0.39, 0.29) is 6.61 Å². The maximum Gasteiger partial charge on any atom is 0.342 e. The van der Waals surface area contributed by atoms with Gasteiger partial charge in [0.1, 0.15) is 11.3 Å². The first kappa shape index (κ1) is 16.5. The van der Waals surface area contributed by atoms with E-state index in [4.69, 9.17) is 9.47 Å². The summed E-state index contributed by atoms with van der Waals surface area (Å²) in [4.78, 5) is 23.9. The van der Waals surface area contributed by atoms with Crippen LogP contribution in [0.5, 0.6) is 5.75 Å². The third-order valence-electron chi connectivity index (χ3n) is 3.04. The van der Waals surface area contributed by atoms with E-state index in [1.165, 1.54) is 0 Å². The topological polar surface area (TPSA) is 64.6 Å². The summed E-state index contributed by atoms with van der Waals surface area (Å²) in [6, 6.07) is 14.2. The fourth-order valence-electron chi connectivity index (χ4n) is 2.05. The standard InChI is InChI=1S/C18H19NO4/c1-3-22-16-10-5-4-9-15(16)18(21)23-12-17(20)19-14-8-6-7-13(2)11-14/h4-11H,3,12H2,1-2H3,(H,19,20). The molecule has 2 aromatic carbocycles. The van der Waals surface area contributed by atoms with Gasteiger partial charge in [0, 0.05) is 5.69 Å². The van der Waals surface area contributed by atoms with Crippen molar-refractivity contribution in [2.75, 3.05) is 18.5 Å². The van der Waals surface area contributed by atoms with E-state index in [0.717, 1.165) is 5.56 Å². The van der Waals surface area contributed by atoms with Gasteiger partial charge in [-0.25, -0.2) is 4.79 Å². The Balaban J connectivity index is 1.92. The summed E-state index contributed by atoms with van der Waals surface area (Å²) in [5, 5.41) is 2.68. The lowest BCUT2D eigenvalue weighted by molar-refractivity contribution is -0.119. The zero-order valence-electron chi connectivity index (χ0n) is 13.2. The molecule has 1 N–H and O–H groups in total. The number of aryl methyl sites for hydroxylation is 1. The number of carbonyl (C=O) groups is 2. The van der Waals surface area contributed by atoms with E-state index < -0.39 is 11.9 Å². The molecule has 0 fully saturated rings. The Morgan fingerprint density at radius 1 is 1.09 bits per heavy atom. The van der Waals surface area contributed by atoms with Crippen LogP contribution in [0.15, 0.2) is 48.5 Å². The zero-order chi connectivity index (χ0) is 16.7. The van der Waals surface area contributed by atoms with Gasteiger partial charge >= 0.3 is 5.97 Å². The van der Waals surface area contributed by atoms with Gasteiger partial charge in [0.25, 0.3) is 5.91 Å². The van der Waals surface area contributed by atoms with E-state index in [2.05, 4.69) is 5.32 Å². The first-order valence-corrected chi connectivity index (χ1v) is 7.35. The summed E-state index contributed by atoms with van der Waals surface area (Å²) >= 11 is 0. The molecule has 0 atom stereocenters. The normalized spacial score (nSPS) is 10.0. The second kappa shape index (κ2) is 7.98. The lowest BCUT2D eigenvalue weighted by Gasteiger charge is -2.10. The highest BCUT2D eigenvalue weighted by Crippen LogP contribution is 2.19. The molecule has 0 unspecified atom stereocenters. The molecule has 2 rings (SSSR count). The minimum atomic E-state index is -0.589. The molecule has 0 radical (unpaired) electrons. The molecule has 2 aromatic rings. The van der Waals surface area contributed by atoms with Gasteiger partial charge < -0.3 is 14.8 Å². The maximum atomic E-state index is 12.1. The summed E-state index contributed by atoms with van der Waals surface area (Å²) < 4.78 is 10.4. The molecule has 0 aliphatic heterocycles. The van der Waals surface area contributed by atoms with E-state index in [0.29, 0.717) is 23.6 Å². The van der Waals surface area contributed by atoms with Crippen LogP contribution in [0.2, 0.25) is 0 Å². The average Bonchev–Trinajstić information content (AvgIpc) is 2.53. The Morgan fingerprint density at radius 3 is 2.61 bits per heavy atom. The number of ether oxygens (including phenoxy) is 2. The predicted octanol–water partition coefficient (Wildman–Crippen LogP) is 3.19. The average molecular weight is 313 g/mol. The van der Waals surface area contributed by atoms with Gasteiger partial charge in [-0.1, -0.05) is 24.3 Å². The van der Waals surface area contributed by atoms with Crippen molar-refractivity contribution < 1.29 is 19.1 Å². The lowest BCUT2D eigenvalue weighted by Crippen LogP contribution is -2.21. The minimum absolute atomic E-state index is 0.303. The van der Waals surface area contributed by atoms with Crippen LogP contribution in [-0.4, -0.2) is 25.1 Å². The van der Waals surface area contributed by atoms with Crippen molar-refractivity contribution in [3.63, 3.8) is 0 Å². The molecule has 0 bridgehead atoms. The third kappa shape index (κ3) is 4.85. The third-order valence-corrected chi connectivity index (χ3v) is 3.04. The number of para-hydroxylation sites is 1. The van der Waals surface area contributed by atoms with Gasteiger partial charge in [-0.3, -0.25) is 4.79 Å². The van der Waals surface area contributed by atoms with Gasteiger partial charge in [-0.15, -0.1) is 0 Å². The lowest BCUT2D eigenvalue weighted by atomic mass is 10.2. The summed E-state index contributed by atoms with van der Waals surface area (Å²) in [6.45, 7) is 3.85. The molecular weight excluding hydrogens is 294 g/mol. The van der Waals surface area contributed by atoms with E-state index in [1.807, 2.05) is 32.0 Å². The van der Waals surface area contributed by atoms with Crippen LogP contribution in [0, 0.1) is 6.92 Å². The number of anilines is 1. The van der Waals surface area contributed by atoms with Gasteiger partial charge in [0.05, 0.1) is 6.61 Å². The van der Waals surface area contributed by atoms with Crippen LogP contribution >= 0.6 is 0 Å². The molecular formula is C18H19NO4. The van der Waals surface area contributed by atoms with Crippen LogP contribution in [0.4, 0.5) is 5.69 Å². The fraction of sp³-hybridized carbons (Fsp3) is 0.222. The Bertz CT molecular complexity index is 697. The second-order valence-electron chi connectivity index (χ2n) is 4.92. The molecule has 0 aromatic heterocycles. The number of hydrogen-bond donors (Lipinski definition) is 1. The first-order chi connectivity index (χ1) is 11.1. The van der Waals surface area contributed by atoms with Crippen LogP contribution in [0.25, 0.3) is 0 Å². The van der Waals surface area contributed by atoms with Crippen molar-refractivity contribution in [2.24, 2.45) is 0 Å². The van der Waals surface area contributed by atoms with Crippen molar-refractivity contribution in [3.05, 3.63) is 59.7 Å². The summed E-state index contributed by atoms with van der Waals surface area (Å²) in [5.41, 5.74) is 2.00.